The molecule has 0 saturated carbocycles. The van der Waals surface area contributed by atoms with E-state index in [4.69, 9.17) is 10.5 Å². The van der Waals surface area contributed by atoms with Crippen LogP contribution in [0.4, 0.5) is 0 Å². The van der Waals surface area contributed by atoms with E-state index in [9.17, 15) is 0 Å². The number of nitrogens with zero attached hydrogens (tertiary/aromatic N) is 1. The summed E-state index contributed by atoms with van der Waals surface area (Å²) in [6, 6.07) is 0. The van der Waals surface area contributed by atoms with Gasteiger partial charge in [-0.25, -0.2) is 0 Å². The lowest BCUT2D eigenvalue weighted by atomic mass is 10.0. The van der Waals surface area contributed by atoms with Crippen molar-refractivity contribution in [2.75, 3.05) is 26.7 Å². The van der Waals surface area contributed by atoms with Gasteiger partial charge >= 0.3 is 0 Å². The highest BCUT2D eigenvalue weighted by Crippen LogP contribution is 2.31. The summed E-state index contributed by atoms with van der Waals surface area (Å²) in [4.78, 5) is 2.34. The molecule has 2 aliphatic heterocycles. The van der Waals surface area contributed by atoms with Crippen molar-refractivity contribution in [3.05, 3.63) is 0 Å². The fourth-order valence-electron chi connectivity index (χ4n) is 2.22. The topological polar surface area (TPSA) is 38.5 Å². The summed E-state index contributed by atoms with van der Waals surface area (Å²) < 4.78 is 5.74. The van der Waals surface area contributed by atoms with Crippen LogP contribution in [-0.2, 0) is 4.74 Å². The summed E-state index contributed by atoms with van der Waals surface area (Å²) in [7, 11) is 2.15. The summed E-state index contributed by atoms with van der Waals surface area (Å²) in [6.45, 7) is 2.99. The maximum atomic E-state index is 5.74. The molecule has 3 nitrogen and oxygen atoms in total. The van der Waals surface area contributed by atoms with Gasteiger partial charge in [0.05, 0.1) is 12.2 Å². The van der Waals surface area contributed by atoms with Gasteiger partial charge in [-0.15, -0.1) is 0 Å². The number of rotatable bonds is 1. The minimum Gasteiger partial charge on any atom is -0.372 e. The van der Waals surface area contributed by atoms with E-state index in [1.807, 2.05) is 0 Å². The van der Waals surface area contributed by atoms with Crippen LogP contribution < -0.4 is 5.73 Å². The highest BCUT2D eigenvalue weighted by Gasteiger charge is 2.39. The van der Waals surface area contributed by atoms with E-state index in [1.165, 1.54) is 13.0 Å². The van der Waals surface area contributed by atoms with Gasteiger partial charge in [-0.1, -0.05) is 0 Å². The number of fused-ring (bicyclic) bond motifs is 1. The fraction of sp³-hybridized carbons (Fsp3) is 1.00. The number of likely N-dealkylation sites (N-methyl/N-ethyl adjacent to an activating group) is 1. The zero-order valence-corrected chi connectivity index (χ0v) is 6.99. The van der Waals surface area contributed by atoms with E-state index in [1.54, 1.807) is 0 Å². The van der Waals surface area contributed by atoms with Crippen molar-refractivity contribution < 1.29 is 4.74 Å². The molecule has 0 amide bonds. The fourth-order valence-corrected chi connectivity index (χ4v) is 2.22. The standard InChI is InChI=1S/C8H16N2O/c1-10-4-6-2-7(3-9)11-8(6)5-10/h6-8H,2-5,9H2,1H3. The van der Waals surface area contributed by atoms with E-state index in [0.29, 0.717) is 18.8 Å². The first-order valence-electron chi connectivity index (χ1n) is 4.33. The average molecular weight is 156 g/mol. The number of hydrogen-bond acceptors (Lipinski definition) is 3. The molecule has 3 unspecified atom stereocenters. The Morgan fingerprint density at radius 1 is 1.55 bits per heavy atom. The Balaban J connectivity index is 1.93. The minimum absolute atomic E-state index is 0.346. The van der Waals surface area contributed by atoms with Gasteiger partial charge in [0.1, 0.15) is 0 Å². The van der Waals surface area contributed by atoms with Crippen LogP contribution in [-0.4, -0.2) is 43.8 Å². The average Bonchev–Trinajstić information content (AvgIpc) is 2.43. The van der Waals surface area contributed by atoms with Crippen molar-refractivity contribution in [3.8, 4) is 0 Å². The minimum atomic E-state index is 0.346. The second kappa shape index (κ2) is 2.73. The molecule has 2 heterocycles. The van der Waals surface area contributed by atoms with E-state index >= 15 is 0 Å². The Kier molecular flexibility index (Phi) is 1.87. The van der Waals surface area contributed by atoms with E-state index in [-0.39, 0.29) is 0 Å². The molecule has 0 radical (unpaired) electrons. The van der Waals surface area contributed by atoms with Crippen LogP contribution in [0.5, 0.6) is 0 Å². The Labute approximate surface area is 67.5 Å². The molecule has 64 valence electrons. The lowest BCUT2D eigenvalue weighted by Crippen LogP contribution is -2.25. The molecule has 3 atom stereocenters. The quantitative estimate of drug-likeness (QED) is 0.564. The Hall–Kier alpha value is -0.120. The van der Waals surface area contributed by atoms with Crippen LogP contribution in [0.1, 0.15) is 6.42 Å². The maximum absolute atomic E-state index is 5.74. The second-order valence-electron chi connectivity index (χ2n) is 3.75. The number of ether oxygens (including phenoxy) is 1. The van der Waals surface area contributed by atoms with Crippen molar-refractivity contribution >= 4 is 0 Å². The van der Waals surface area contributed by atoms with Crippen LogP contribution in [0.3, 0.4) is 0 Å². The van der Waals surface area contributed by atoms with Gasteiger partial charge in [0.2, 0.25) is 0 Å². The molecule has 0 aliphatic carbocycles. The molecule has 0 aromatic rings. The Morgan fingerprint density at radius 2 is 2.36 bits per heavy atom. The monoisotopic (exact) mass is 156 g/mol. The molecule has 2 N–H and O–H groups in total. The molecule has 0 spiro atoms. The SMILES string of the molecule is CN1CC2CC(CN)OC2C1. The molecule has 2 fully saturated rings. The van der Waals surface area contributed by atoms with Crippen LogP contribution in [0, 0.1) is 5.92 Å². The highest BCUT2D eigenvalue weighted by atomic mass is 16.5. The summed E-state index contributed by atoms with van der Waals surface area (Å²) >= 11 is 0. The summed E-state index contributed by atoms with van der Waals surface area (Å²) in [5, 5.41) is 0. The van der Waals surface area contributed by atoms with Gasteiger partial charge < -0.3 is 15.4 Å². The molecule has 3 heteroatoms. The molecular formula is C8H16N2O. The zero-order valence-electron chi connectivity index (χ0n) is 6.99. The van der Waals surface area contributed by atoms with Crippen molar-refractivity contribution in [2.45, 2.75) is 18.6 Å². The van der Waals surface area contributed by atoms with Crippen molar-refractivity contribution in [1.82, 2.24) is 4.90 Å². The van der Waals surface area contributed by atoms with Gasteiger partial charge in [-0.05, 0) is 13.5 Å². The Morgan fingerprint density at radius 3 is 3.00 bits per heavy atom. The second-order valence-corrected chi connectivity index (χ2v) is 3.75. The number of hydrogen-bond donors (Lipinski definition) is 1. The van der Waals surface area contributed by atoms with Gasteiger partial charge in [0, 0.05) is 25.6 Å². The van der Waals surface area contributed by atoms with Gasteiger partial charge in [0.15, 0.2) is 0 Å². The van der Waals surface area contributed by atoms with Gasteiger partial charge in [0.25, 0.3) is 0 Å². The lowest BCUT2D eigenvalue weighted by Gasteiger charge is -2.12. The first-order valence-corrected chi connectivity index (χ1v) is 4.33. The molecule has 0 bridgehead atoms. The van der Waals surface area contributed by atoms with Crippen LogP contribution in [0.2, 0.25) is 0 Å². The normalized spacial score (nSPS) is 44.7. The summed E-state index contributed by atoms with van der Waals surface area (Å²) in [5.41, 5.74) is 5.53. The largest absolute Gasteiger partial charge is 0.372 e. The highest BCUT2D eigenvalue weighted by molar-refractivity contribution is 4.91. The van der Waals surface area contributed by atoms with Gasteiger partial charge in [-0.3, -0.25) is 0 Å². The molecule has 11 heavy (non-hydrogen) atoms. The van der Waals surface area contributed by atoms with E-state index < -0.39 is 0 Å². The number of likely N-dealkylation sites (tertiary alicyclic amines) is 1. The molecular weight excluding hydrogens is 140 g/mol. The predicted molar refractivity (Wildman–Crippen MR) is 43.3 cm³/mol. The predicted octanol–water partition coefficient (Wildman–Crippen LogP) is -0.336. The molecule has 0 aromatic heterocycles. The smallest absolute Gasteiger partial charge is 0.0747 e. The van der Waals surface area contributed by atoms with Crippen molar-refractivity contribution in [3.63, 3.8) is 0 Å². The van der Waals surface area contributed by atoms with Crippen molar-refractivity contribution in [1.29, 1.82) is 0 Å². The maximum Gasteiger partial charge on any atom is 0.0747 e. The van der Waals surface area contributed by atoms with Crippen LogP contribution in [0.25, 0.3) is 0 Å². The van der Waals surface area contributed by atoms with E-state index in [2.05, 4.69) is 11.9 Å². The summed E-state index contributed by atoms with van der Waals surface area (Å²) in [5.74, 6) is 0.758. The number of nitrogens with two attached hydrogens (primary N) is 1. The van der Waals surface area contributed by atoms with E-state index in [0.717, 1.165) is 12.5 Å². The molecule has 0 aromatic carbocycles. The Bertz CT molecular complexity index is 137. The first kappa shape index (κ1) is 7.53. The lowest BCUT2D eigenvalue weighted by molar-refractivity contribution is 0.0454. The zero-order chi connectivity index (χ0) is 7.84. The van der Waals surface area contributed by atoms with Crippen LogP contribution in [0.15, 0.2) is 0 Å². The summed E-state index contributed by atoms with van der Waals surface area (Å²) in [6.07, 6.45) is 2.00. The van der Waals surface area contributed by atoms with Crippen molar-refractivity contribution in [2.24, 2.45) is 11.7 Å². The first-order chi connectivity index (χ1) is 5.29. The third-order valence-electron chi connectivity index (χ3n) is 2.76. The van der Waals surface area contributed by atoms with Gasteiger partial charge in [-0.2, -0.15) is 0 Å². The molecule has 2 saturated heterocycles. The molecule has 2 rings (SSSR count). The third-order valence-corrected chi connectivity index (χ3v) is 2.76. The van der Waals surface area contributed by atoms with Crippen LogP contribution >= 0.6 is 0 Å². The third kappa shape index (κ3) is 1.28. The molecule has 2 aliphatic rings.